The third-order valence-corrected chi connectivity index (χ3v) is 4.34. The van der Waals surface area contributed by atoms with Gasteiger partial charge in [-0.05, 0) is 38.5 Å². The fraction of sp³-hybridized carbons (Fsp3) is 0.462. The fourth-order valence-electron chi connectivity index (χ4n) is 1.32. The van der Waals surface area contributed by atoms with E-state index in [0.29, 0.717) is 11.4 Å². The molecule has 100 valence electrons. The van der Waals surface area contributed by atoms with Crippen molar-refractivity contribution >= 4 is 22.4 Å². The first-order chi connectivity index (χ1) is 8.32. The molecular formula is C13H20N2O2S. The van der Waals surface area contributed by atoms with E-state index < -0.39 is 10.8 Å². The Labute approximate surface area is 110 Å². The lowest BCUT2D eigenvalue weighted by atomic mass is 10.2. The van der Waals surface area contributed by atoms with Crippen molar-refractivity contribution in [1.82, 2.24) is 0 Å². The minimum atomic E-state index is -0.948. The number of carbonyl (C=O) groups excluding carboxylic acids is 1. The zero-order chi connectivity index (χ0) is 13.8. The lowest BCUT2D eigenvalue weighted by molar-refractivity contribution is -0.114. The molecule has 0 bridgehead atoms. The van der Waals surface area contributed by atoms with E-state index in [0.717, 1.165) is 5.56 Å². The lowest BCUT2D eigenvalue weighted by Crippen LogP contribution is -2.23. The summed E-state index contributed by atoms with van der Waals surface area (Å²) in [4.78, 5) is 11.2. The summed E-state index contributed by atoms with van der Waals surface area (Å²) >= 11 is 0. The predicted molar refractivity (Wildman–Crippen MR) is 75.7 cm³/mol. The largest absolute Gasteiger partial charge is 0.325 e. The Hall–Kier alpha value is -1.20. The van der Waals surface area contributed by atoms with Crippen LogP contribution in [0.4, 0.5) is 5.69 Å². The molecule has 3 N–H and O–H groups in total. The van der Waals surface area contributed by atoms with Gasteiger partial charge in [0.15, 0.2) is 0 Å². The van der Waals surface area contributed by atoms with Crippen LogP contribution in [0.25, 0.3) is 0 Å². The Morgan fingerprint density at radius 1 is 1.39 bits per heavy atom. The molecule has 0 saturated carbocycles. The Morgan fingerprint density at radius 3 is 2.61 bits per heavy atom. The van der Waals surface area contributed by atoms with Crippen LogP contribution >= 0.6 is 0 Å². The van der Waals surface area contributed by atoms with Crippen LogP contribution in [-0.2, 0) is 21.3 Å². The SMILES string of the molecule is CC(C)(C)S(=O)Cc1cccc(NC(=O)CN)c1. The molecule has 0 aliphatic heterocycles. The van der Waals surface area contributed by atoms with E-state index in [-0.39, 0.29) is 17.2 Å². The molecule has 0 fully saturated rings. The van der Waals surface area contributed by atoms with Gasteiger partial charge in [-0.25, -0.2) is 0 Å². The molecular weight excluding hydrogens is 248 g/mol. The van der Waals surface area contributed by atoms with Crippen LogP contribution in [0.5, 0.6) is 0 Å². The standard InChI is InChI=1S/C13H20N2O2S/c1-13(2,3)18(17)9-10-5-4-6-11(7-10)15-12(16)8-14/h4-7H,8-9,14H2,1-3H3,(H,15,16). The zero-order valence-electron chi connectivity index (χ0n) is 11.0. The van der Waals surface area contributed by atoms with Crippen LogP contribution in [0.15, 0.2) is 24.3 Å². The van der Waals surface area contributed by atoms with Crippen molar-refractivity contribution in [2.75, 3.05) is 11.9 Å². The third kappa shape index (κ3) is 4.58. The van der Waals surface area contributed by atoms with Crippen LogP contribution in [0.2, 0.25) is 0 Å². The normalized spacial score (nSPS) is 13.1. The molecule has 1 rings (SSSR count). The molecule has 1 unspecified atom stereocenters. The summed E-state index contributed by atoms with van der Waals surface area (Å²) in [6.07, 6.45) is 0. The molecule has 5 heteroatoms. The Morgan fingerprint density at radius 2 is 2.06 bits per heavy atom. The maximum Gasteiger partial charge on any atom is 0.238 e. The van der Waals surface area contributed by atoms with Crippen LogP contribution < -0.4 is 11.1 Å². The molecule has 4 nitrogen and oxygen atoms in total. The van der Waals surface area contributed by atoms with Crippen LogP contribution in [0.1, 0.15) is 26.3 Å². The van der Waals surface area contributed by atoms with Gasteiger partial charge in [-0.3, -0.25) is 9.00 Å². The first kappa shape index (κ1) is 14.9. The van der Waals surface area contributed by atoms with Gasteiger partial charge < -0.3 is 11.1 Å². The van der Waals surface area contributed by atoms with Gasteiger partial charge in [-0.1, -0.05) is 12.1 Å². The van der Waals surface area contributed by atoms with E-state index in [9.17, 15) is 9.00 Å². The number of nitrogens with one attached hydrogen (secondary N) is 1. The van der Waals surface area contributed by atoms with E-state index in [1.807, 2.05) is 39.0 Å². The van der Waals surface area contributed by atoms with E-state index in [1.54, 1.807) is 6.07 Å². The Bertz CT molecular complexity index is 453. The molecule has 0 spiro atoms. The number of carbonyl (C=O) groups is 1. The molecule has 0 aliphatic carbocycles. The second-order valence-corrected chi connectivity index (χ2v) is 7.26. The van der Waals surface area contributed by atoms with Crippen molar-refractivity contribution in [3.8, 4) is 0 Å². The van der Waals surface area contributed by atoms with E-state index in [1.165, 1.54) is 0 Å². The van der Waals surface area contributed by atoms with Crippen LogP contribution in [-0.4, -0.2) is 21.4 Å². The van der Waals surface area contributed by atoms with Crippen molar-refractivity contribution in [2.24, 2.45) is 5.73 Å². The zero-order valence-corrected chi connectivity index (χ0v) is 11.8. The highest BCUT2D eigenvalue weighted by Gasteiger charge is 2.19. The average Bonchev–Trinajstić information content (AvgIpc) is 2.28. The van der Waals surface area contributed by atoms with Gasteiger partial charge in [0.25, 0.3) is 0 Å². The highest BCUT2D eigenvalue weighted by Crippen LogP contribution is 2.18. The van der Waals surface area contributed by atoms with E-state index in [4.69, 9.17) is 5.73 Å². The summed E-state index contributed by atoms with van der Waals surface area (Å²) in [5.74, 6) is 0.250. The van der Waals surface area contributed by atoms with Gasteiger partial charge in [0, 0.05) is 27.0 Å². The number of hydrogen-bond donors (Lipinski definition) is 2. The number of rotatable bonds is 4. The predicted octanol–water partition coefficient (Wildman–Crippen LogP) is 1.63. The molecule has 1 amide bonds. The summed E-state index contributed by atoms with van der Waals surface area (Å²) in [6.45, 7) is 5.80. The topological polar surface area (TPSA) is 72.2 Å². The quantitative estimate of drug-likeness (QED) is 0.871. The van der Waals surface area contributed by atoms with Gasteiger partial charge in [-0.2, -0.15) is 0 Å². The van der Waals surface area contributed by atoms with Gasteiger partial charge >= 0.3 is 0 Å². The summed E-state index contributed by atoms with van der Waals surface area (Å²) in [6, 6.07) is 7.36. The minimum absolute atomic E-state index is 0.0435. The number of nitrogens with two attached hydrogens (primary N) is 1. The van der Waals surface area contributed by atoms with E-state index in [2.05, 4.69) is 5.32 Å². The Balaban J connectivity index is 2.77. The number of benzene rings is 1. The highest BCUT2D eigenvalue weighted by atomic mass is 32.2. The number of amides is 1. The van der Waals surface area contributed by atoms with Crippen molar-refractivity contribution in [3.63, 3.8) is 0 Å². The minimum Gasteiger partial charge on any atom is -0.325 e. The van der Waals surface area contributed by atoms with Gasteiger partial charge in [0.05, 0.1) is 6.54 Å². The van der Waals surface area contributed by atoms with Crippen molar-refractivity contribution in [3.05, 3.63) is 29.8 Å². The molecule has 0 heterocycles. The van der Waals surface area contributed by atoms with Gasteiger partial charge in [-0.15, -0.1) is 0 Å². The molecule has 0 saturated heterocycles. The molecule has 18 heavy (non-hydrogen) atoms. The number of anilines is 1. The van der Waals surface area contributed by atoms with Crippen LogP contribution in [0, 0.1) is 0 Å². The molecule has 0 radical (unpaired) electrons. The fourth-order valence-corrected chi connectivity index (χ4v) is 2.23. The second-order valence-electron chi connectivity index (χ2n) is 5.05. The molecule has 1 atom stereocenters. The van der Waals surface area contributed by atoms with Gasteiger partial charge in [0.2, 0.25) is 5.91 Å². The average molecular weight is 268 g/mol. The summed E-state index contributed by atoms with van der Waals surface area (Å²) in [5.41, 5.74) is 6.87. The summed E-state index contributed by atoms with van der Waals surface area (Å²) in [5, 5.41) is 2.68. The molecule has 1 aromatic rings. The first-order valence-corrected chi connectivity index (χ1v) is 7.12. The highest BCUT2D eigenvalue weighted by molar-refractivity contribution is 7.85. The molecule has 1 aromatic carbocycles. The van der Waals surface area contributed by atoms with Crippen molar-refractivity contribution < 1.29 is 9.00 Å². The smallest absolute Gasteiger partial charge is 0.238 e. The van der Waals surface area contributed by atoms with Crippen molar-refractivity contribution in [2.45, 2.75) is 31.3 Å². The molecule has 0 aliphatic rings. The Kier molecular flexibility index (Phi) is 5.04. The lowest BCUT2D eigenvalue weighted by Gasteiger charge is -2.17. The maximum atomic E-state index is 12.0. The monoisotopic (exact) mass is 268 g/mol. The summed E-state index contributed by atoms with van der Waals surface area (Å²) in [7, 11) is -0.948. The first-order valence-electron chi connectivity index (χ1n) is 5.80. The van der Waals surface area contributed by atoms with E-state index >= 15 is 0 Å². The van der Waals surface area contributed by atoms with Crippen molar-refractivity contribution in [1.29, 1.82) is 0 Å². The summed E-state index contributed by atoms with van der Waals surface area (Å²) < 4.78 is 11.8. The number of hydrogen-bond acceptors (Lipinski definition) is 3. The maximum absolute atomic E-state index is 12.0. The van der Waals surface area contributed by atoms with Gasteiger partial charge in [0.1, 0.15) is 0 Å². The second kappa shape index (κ2) is 6.11. The van der Waals surface area contributed by atoms with Crippen LogP contribution in [0.3, 0.4) is 0 Å². The third-order valence-electron chi connectivity index (χ3n) is 2.38. The molecule has 0 aromatic heterocycles.